The molecule has 0 aliphatic carbocycles. The normalized spacial score (nSPS) is 11.9. The molecule has 0 fully saturated rings. The second kappa shape index (κ2) is 7.01. The first-order valence-corrected chi connectivity index (χ1v) is 6.11. The minimum atomic E-state index is -0.969. The van der Waals surface area contributed by atoms with Crippen LogP contribution in [0.15, 0.2) is 24.3 Å². The Morgan fingerprint density at radius 1 is 1.33 bits per heavy atom. The second-order valence-electron chi connectivity index (χ2n) is 4.16. The third-order valence-corrected chi connectivity index (χ3v) is 2.83. The fourth-order valence-corrected chi connectivity index (χ4v) is 1.83. The van der Waals surface area contributed by atoms with Crippen molar-refractivity contribution in [3.8, 4) is 0 Å². The molecule has 1 unspecified atom stereocenters. The summed E-state index contributed by atoms with van der Waals surface area (Å²) in [5, 5.41) is 11.9. The van der Waals surface area contributed by atoms with Gasteiger partial charge in [-0.15, -0.1) is 0 Å². The van der Waals surface area contributed by atoms with E-state index in [9.17, 15) is 9.59 Å². The molecular formula is C13H16ClNO3. The van der Waals surface area contributed by atoms with Crippen molar-refractivity contribution >= 4 is 23.5 Å². The van der Waals surface area contributed by atoms with Crippen LogP contribution in [0.25, 0.3) is 0 Å². The number of nitrogens with one attached hydrogen (secondary N) is 1. The standard InChI is InChI=1S/C13H16ClNO3/c1-9(15-12(16)6-7-13(17)18)8-10-4-2-3-5-11(10)14/h2-5,9H,6-8H2,1H3,(H,15,16)(H,17,18). The van der Waals surface area contributed by atoms with Gasteiger partial charge in [-0.25, -0.2) is 0 Å². The van der Waals surface area contributed by atoms with Crippen molar-refractivity contribution in [1.29, 1.82) is 0 Å². The lowest BCUT2D eigenvalue weighted by atomic mass is 10.1. The van der Waals surface area contributed by atoms with Gasteiger partial charge in [-0.05, 0) is 25.0 Å². The van der Waals surface area contributed by atoms with E-state index in [1.54, 1.807) is 6.07 Å². The Bertz CT molecular complexity index is 434. The molecule has 18 heavy (non-hydrogen) atoms. The number of hydrogen-bond donors (Lipinski definition) is 2. The molecule has 0 saturated carbocycles. The summed E-state index contributed by atoms with van der Waals surface area (Å²) < 4.78 is 0. The first-order valence-electron chi connectivity index (χ1n) is 5.73. The number of carboxylic acids is 1. The van der Waals surface area contributed by atoms with Crippen LogP contribution in [0.4, 0.5) is 0 Å². The van der Waals surface area contributed by atoms with Crippen molar-refractivity contribution in [3.63, 3.8) is 0 Å². The van der Waals surface area contributed by atoms with E-state index >= 15 is 0 Å². The Kier molecular flexibility index (Phi) is 5.65. The van der Waals surface area contributed by atoms with Crippen molar-refractivity contribution in [2.45, 2.75) is 32.2 Å². The quantitative estimate of drug-likeness (QED) is 0.832. The summed E-state index contributed by atoms with van der Waals surface area (Å²) in [4.78, 5) is 21.8. The highest BCUT2D eigenvalue weighted by atomic mass is 35.5. The van der Waals surface area contributed by atoms with Gasteiger partial charge in [0.2, 0.25) is 5.91 Å². The molecule has 1 amide bonds. The van der Waals surface area contributed by atoms with Crippen molar-refractivity contribution in [3.05, 3.63) is 34.9 Å². The Morgan fingerprint density at radius 3 is 2.61 bits per heavy atom. The van der Waals surface area contributed by atoms with Gasteiger partial charge in [0.1, 0.15) is 0 Å². The van der Waals surface area contributed by atoms with Gasteiger partial charge >= 0.3 is 5.97 Å². The number of carbonyl (C=O) groups is 2. The van der Waals surface area contributed by atoms with Crippen LogP contribution in [0.1, 0.15) is 25.3 Å². The molecule has 0 saturated heterocycles. The average Bonchev–Trinajstić information content (AvgIpc) is 2.29. The van der Waals surface area contributed by atoms with E-state index < -0.39 is 5.97 Å². The molecule has 98 valence electrons. The van der Waals surface area contributed by atoms with E-state index in [1.165, 1.54) is 0 Å². The molecule has 0 aromatic heterocycles. The Hall–Kier alpha value is -1.55. The molecule has 0 heterocycles. The molecule has 1 aromatic rings. The lowest BCUT2D eigenvalue weighted by Gasteiger charge is -2.14. The van der Waals surface area contributed by atoms with E-state index in [4.69, 9.17) is 16.7 Å². The van der Waals surface area contributed by atoms with Gasteiger partial charge in [-0.3, -0.25) is 9.59 Å². The number of carboxylic acid groups (broad SMARTS) is 1. The van der Waals surface area contributed by atoms with Gasteiger partial charge in [-0.2, -0.15) is 0 Å². The van der Waals surface area contributed by atoms with Crippen LogP contribution in [-0.2, 0) is 16.0 Å². The number of hydrogen-bond acceptors (Lipinski definition) is 2. The zero-order chi connectivity index (χ0) is 13.5. The minimum absolute atomic E-state index is 0.00218. The minimum Gasteiger partial charge on any atom is -0.481 e. The Balaban J connectivity index is 2.42. The molecule has 2 N–H and O–H groups in total. The summed E-state index contributed by atoms with van der Waals surface area (Å²) in [6.45, 7) is 1.86. The molecule has 0 aliphatic rings. The summed E-state index contributed by atoms with van der Waals surface area (Å²) in [7, 11) is 0. The number of amides is 1. The summed E-state index contributed by atoms with van der Waals surface area (Å²) in [5.41, 5.74) is 0.963. The molecule has 5 heteroatoms. The van der Waals surface area contributed by atoms with E-state index in [-0.39, 0.29) is 24.8 Å². The summed E-state index contributed by atoms with van der Waals surface area (Å²) in [6.07, 6.45) is 0.478. The second-order valence-corrected chi connectivity index (χ2v) is 4.57. The molecule has 1 atom stereocenters. The fourth-order valence-electron chi connectivity index (χ4n) is 1.61. The summed E-state index contributed by atoms with van der Waals surface area (Å²) in [6, 6.07) is 7.37. The highest BCUT2D eigenvalue weighted by Gasteiger charge is 2.11. The molecule has 1 rings (SSSR count). The molecule has 0 aliphatic heterocycles. The monoisotopic (exact) mass is 269 g/mol. The van der Waals surface area contributed by atoms with E-state index in [0.29, 0.717) is 11.4 Å². The fraction of sp³-hybridized carbons (Fsp3) is 0.385. The molecule has 0 spiro atoms. The first kappa shape index (κ1) is 14.5. The number of carbonyl (C=O) groups excluding carboxylic acids is 1. The van der Waals surface area contributed by atoms with Gasteiger partial charge in [0.05, 0.1) is 6.42 Å². The maximum atomic E-state index is 11.4. The molecule has 4 nitrogen and oxygen atoms in total. The Labute approximate surface area is 111 Å². The van der Waals surface area contributed by atoms with Crippen LogP contribution in [0.5, 0.6) is 0 Å². The topological polar surface area (TPSA) is 66.4 Å². The predicted octanol–water partition coefficient (Wildman–Crippen LogP) is 2.25. The van der Waals surface area contributed by atoms with Crippen molar-refractivity contribution in [2.75, 3.05) is 0 Å². The van der Waals surface area contributed by atoms with Gasteiger partial charge in [-0.1, -0.05) is 29.8 Å². The third kappa shape index (κ3) is 5.19. The van der Waals surface area contributed by atoms with Crippen LogP contribution in [0.3, 0.4) is 0 Å². The van der Waals surface area contributed by atoms with Crippen LogP contribution < -0.4 is 5.32 Å². The number of aliphatic carboxylic acids is 1. The van der Waals surface area contributed by atoms with E-state index in [0.717, 1.165) is 5.56 Å². The third-order valence-electron chi connectivity index (χ3n) is 2.46. The highest BCUT2D eigenvalue weighted by Crippen LogP contribution is 2.16. The van der Waals surface area contributed by atoms with Crippen molar-refractivity contribution in [2.24, 2.45) is 0 Å². The van der Waals surface area contributed by atoms with Gasteiger partial charge in [0.25, 0.3) is 0 Å². The van der Waals surface area contributed by atoms with Crippen LogP contribution in [0, 0.1) is 0 Å². The lowest BCUT2D eigenvalue weighted by Crippen LogP contribution is -2.34. The van der Waals surface area contributed by atoms with Gasteiger partial charge in [0, 0.05) is 17.5 Å². The maximum absolute atomic E-state index is 11.4. The van der Waals surface area contributed by atoms with Crippen LogP contribution in [-0.4, -0.2) is 23.0 Å². The van der Waals surface area contributed by atoms with Crippen LogP contribution in [0.2, 0.25) is 5.02 Å². The molecule has 0 bridgehead atoms. The van der Waals surface area contributed by atoms with Crippen molar-refractivity contribution in [1.82, 2.24) is 5.32 Å². The SMILES string of the molecule is CC(Cc1ccccc1Cl)NC(=O)CCC(=O)O. The molecule has 1 aromatic carbocycles. The first-order chi connectivity index (χ1) is 8.49. The van der Waals surface area contributed by atoms with Gasteiger partial charge < -0.3 is 10.4 Å². The summed E-state index contributed by atoms with van der Waals surface area (Å²) >= 11 is 6.02. The largest absolute Gasteiger partial charge is 0.481 e. The van der Waals surface area contributed by atoms with Gasteiger partial charge in [0.15, 0.2) is 0 Å². The van der Waals surface area contributed by atoms with E-state index in [2.05, 4.69) is 5.32 Å². The van der Waals surface area contributed by atoms with E-state index in [1.807, 2.05) is 25.1 Å². The lowest BCUT2D eigenvalue weighted by molar-refractivity contribution is -0.138. The average molecular weight is 270 g/mol. The number of halogens is 1. The summed E-state index contributed by atoms with van der Waals surface area (Å²) in [5.74, 6) is -1.22. The predicted molar refractivity (Wildman–Crippen MR) is 69.6 cm³/mol. The molecular weight excluding hydrogens is 254 g/mol. The Morgan fingerprint density at radius 2 is 2.00 bits per heavy atom. The molecule has 0 radical (unpaired) electrons. The number of rotatable bonds is 6. The number of benzene rings is 1. The smallest absolute Gasteiger partial charge is 0.303 e. The van der Waals surface area contributed by atoms with Crippen molar-refractivity contribution < 1.29 is 14.7 Å². The zero-order valence-electron chi connectivity index (χ0n) is 10.1. The maximum Gasteiger partial charge on any atom is 0.303 e. The highest BCUT2D eigenvalue weighted by molar-refractivity contribution is 6.31. The van der Waals surface area contributed by atoms with Crippen LogP contribution >= 0.6 is 11.6 Å². The zero-order valence-corrected chi connectivity index (χ0v) is 10.9.